The zero-order valence-electron chi connectivity index (χ0n) is 19.6. The van der Waals surface area contributed by atoms with Crippen molar-refractivity contribution in [3.8, 4) is 5.75 Å². The van der Waals surface area contributed by atoms with Crippen LogP contribution in [0.2, 0.25) is 0 Å². The van der Waals surface area contributed by atoms with Gasteiger partial charge in [0, 0.05) is 0 Å². The molecule has 0 radical (unpaired) electrons. The van der Waals surface area contributed by atoms with E-state index >= 15 is 0 Å². The van der Waals surface area contributed by atoms with Crippen LogP contribution in [-0.4, -0.2) is 18.6 Å². The van der Waals surface area contributed by atoms with Crippen LogP contribution < -0.4 is 15.4 Å². The molecule has 0 fully saturated rings. The third-order valence-corrected chi connectivity index (χ3v) is 5.72. The summed E-state index contributed by atoms with van der Waals surface area (Å²) in [5.41, 5.74) is 5.69. The fraction of sp³-hybridized carbons (Fsp3) is 0.214. The molecular formula is C28H28N2O4. The Hall–Kier alpha value is -4.06. The lowest BCUT2D eigenvalue weighted by atomic mass is 9.92. The lowest BCUT2D eigenvalue weighted by Gasteiger charge is -2.29. The van der Waals surface area contributed by atoms with Crippen molar-refractivity contribution in [1.29, 1.82) is 0 Å². The summed E-state index contributed by atoms with van der Waals surface area (Å²) in [5, 5.41) is 5.67. The van der Waals surface area contributed by atoms with Crippen molar-refractivity contribution >= 4 is 17.7 Å². The predicted molar refractivity (Wildman–Crippen MR) is 131 cm³/mol. The van der Waals surface area contributed by atoms with Gasteiger partial charge in [0.15, 0.2) is 0 Å². The molecule has 2 amide bonds. The van der Waals surface area contributed by atoms with E-state index in [1.807, 2.05) is 54.6 Å². The molecule has 0 aliphatic carbocycles. The number of carbonyl (C=O) groups is 2. The molecule has 2 N–H and O–H groups in total. The summed E-state index contributed by atoms with van der Waals surface area (Å²) in [7, 11) is 0. The number of amides is 2. The number of ether oxygens (including phenoxy) is 2. The van der Waals surface area contributed by atoms with Crippen LogP contribution in [0.1, 0.15) is 40.8 Å². The number of nitrogens with one attached hydrogen (secondary N) is 2. The van der Waals surface area contributed by atoms with Gasteiger partial charge in [-0.15, -0.1) is 0 Å². The molecule has 6 heteroatoms. The largest absolute Gasteiger partial charge is 0.489 e. The van der Waals surface area contributed by atoms with Gasteiger partial charge in [-0.05, 0) is 55.2 Å². The Labute approximate surface area is 199 Å². The molecule has 1 aliphatic heterocycles. The number of hydrogen-bond acceptors (Lipinski definition) is 4. The van der Waals surface area contributed by atoms with Crippen molar-refractivity contribution in [1.82, 2.24) is 10.6 Å². The maximum Gasteiger partial charge on any atom is 0.338 e. The average Bonchev–Trinajstić information content (AvgIpc) is 2.85. The summed E-state index contributed by atoms with van der Waals surface area (Å²) in [6.45, 7) is 6.51. The summed E-state index contributed by atoms with van der Waals surface area (Å²) in [6.07, 6.45) is 0. The molecule has 174 valence electrons. The number of hydrogen-bond donors (Lipinski definition) is 2. The van der Waals surface area contributed by atoms with Gasteiger partial charge in [-0.25, -0.2) is 9.59 Å². The zero-order valence-corrected chi connectivity index (χ0v) is 19.6. The molecule has 0 bridgehead atoms. The second-order valence-corrected chi connectivity index (χ2v) is 8.20. The van der Waals surface area contributed by atoms with E-state index in [0.29, 0.717) is 23.6 Å². The predicted octanol–water partition coefficient (Wildman–Crippen LogP) is 5.21. The highest BCUT2D eigenvalue weighted by molar-refractivity contribution is 6.04. The van der Waals surface area contributed by atoms with Crippen LogP contribution in [0, 0.1) is 13.8 Å². The van der Waals surface area contributed by atoms with E-state index in [-0.39, 0.29) is 6.61 Å². The maximum atomic E-state index is 13.0. The Bertz CT molecular complexity index is 1230. The van der Waals surface area contributed by atoms with Crippen molar-refractivity contribution in [2.24, 2.45) is 0 Å². The van der Waals surface area contributed by atoms with Gasteiger partial charge >= 0.3 is 12.0 Å². The van der Waals surface area contributed by atoms with Crippen LogP contribution in [0.5, 0.6) is 5.75 Å². The van der Waals surface area contributed by atoms with E-state index < -0.39 is 18.0 Å². The molecule has 1 aliphatic rings. The third-order valence-electron chi connectivity index (χ3n) is 5.72. The molecule has 3 aromatic carbocycles. The van der Waals surface area contributed by atoms with Gasteiger partial charge in [0.2, 0.25) is 0 Å². The van der Waals surface area contributed by atoms with Crippen LogP contribution in [0.25, 0.3) is 5.70 Å². The average molecular weight is 457 g/mol. The molecule has 0 aromatic heterocycles. The summed E-state index contributed by atoms with van der Waals surface area (Å²) < 4.78 is 11.4. The molecular weight excluding hydrogens is 428 g/mol. The van der Waals surface area contributed by atoms with Crippen molar-refractivity contribution in [3.05, 3.63) is 106 Å². The van der Waals surface area contributed by atoms with Gasteiger partial charge in [0.05, 0.1) is 23.9 Å². The van der Waals surface area contributed by atoms with Gasteiger partial charge in [0.1, 0.15) is 12.4 Å². The monoisotopic (exact) mass is 456 g/mol. The van der Waals surface area contributed by atoms with Crippen LogP contribution >= 0.6 is 0 Å². The molecule has 3 aromatic rings. The van der Waals surface area contributed by atoms with Crippen molar-refractivity contribution in [3.63, 3.8) is 0 Å². The van der Waals surface area contributed by atoms with E-state index in [0.717, 1.165) is 22.3 Å². The molecule has 6 nitrogen and oxygen atoms in total. The van der Waals surface area contributed by atoms with E-state index in [9.17, 15) is 9.59 Å². The minimum absolute atomic E-state index is 0.226. The van der Waals surface area contributed by atoms with Crippen molar-refractivity contribution in [2.75, 3.05) is 6.61 Å². The molecule has 1 atom stereocenters. The fourth-order valence-corrected chi connectivity index (χ4v) is 3.98. The summed E-state index contributed by atoms with van der Waals surface area (Å²) in [6, 6.07) is 21.9. The van der Waals surface area contributed by atoms with E-state index in [4.69, 9.17) is 9.47 Å². The number of esters is 1. The maximum absolute atomic E-state index is 13.0. The van der Waals surface area contributed by atoms with Gasteiger partial charge < -0.3 is 20.1 Å². The Morgan fingerprint density at radius 1 is 0.971 bits per heavy atom. The first-order chi connectivity index (χ1) is 16.5. The van der Waals surface area contributed by atoms with Crippen LogP contribution in [0.15, 0.2) is 78.4 Å². The van der Waals surface area contributed by atoms with E-state index in [1.165, 1.54) is 5.56 Å². The number of rotatable bonds is 7. The van der Waals surface area contributed by atoms with Gasteiger partial charge in [-0.1, -0.05) is 66.2 Å². The standard InChI is InChI=1S/C28H28N2O4/c1-4-33-27(31)24-25(20-9-6-5-7-10-20)29-28(32)30-26(24)21-11-8-12-23(16-21)34-17-22-15-18(2)13-14-19(22)3/h5-16,26H,4,17H2,1-3H3,(H2,29,30,32). The second-order valence-electron chi connectivity index (χ2n) is 8.20. The van der Waals surface area contributed by atoms with Crippen LogP contribution in [0.4, 0.5) is 4.79 Å². The van der Waals surface area contributed by atoms with Gasteiger partial charge in [0.25, 0.3) is 0 Å². The minimum atomic E-state index is -0.688. The molecule has 1 unspecified atom stereocenters. The number of aryl methyl sites for hydroxylation is 2. The normalized spacial score (nSPS) is 15.4. The quantitative estimate of drug-likeness (QED) is 0.479. The third kappa shape index (κ3) is 5.12. The summed E-state index contributed by atoms with van der Waals surface area (Å²) >= 11 is 0. The Balaban J connectivity index is 1.69. The first kappa shape index (κ1) is 23.1. The minimum Gasteiger partial charge on any atom is -0.489 e. The highest BCUT2D eigenvalue weighted by Crippen LogP contribution is 2.33. The van der Waals surface area contributed by atoms with Crippen LogP contribution in [0.3, 0.4) is 0 Å². The van der Waals surface area contributed by atoms with Crippen molar-refractivity contribution < 1.29 is 19.1 Å². The molecule has 0 saturated heterocycles. The summed E-state index contributed by atoms with van der Waals surface area (Å²) in [4.78, 5) is 25.6. The number of benzene rings is 3. The second kappa shape index (κ2) is 10.3. The zero-order chi connectivity index (χ0) is 24.1. The van der Waals surface area contributed by atoms with Crippen molar-refractivity contribution in [2.45, 2.75) is 33.4 Å². The molecule has 1 heterocycles. The Morgan fingerprint density at radius 3 is 2.53 bits per heavy atom. The Morgan fingerprint density at radius 2 is 1.76 bits per heavy atom. The topological polar surface area (TPSA) is 76.7 Å². The molecule has 0 spiro atoms. The lowest BCUT2D eigenvalue weighted by molar-refractivity contribution is -0.138. The highest BCUT2D eigenvalue weighted by atomic mass is 16.5. The van der Waals surface area contributed by atoms with E-state index in [2.05, 4.69) is 42.7 Å². The lowest BCUT2D eigenvalue weighted by Crippen LogP contribution is -2.45. The molecule has 0 saturated carbocycles. The summed E-state index contributed by atoms with van der Waals surface area (Å²) in [5.74, 6) is 0.163. The van der Waals surface area contributed by atoms with Gasteiger partial charge in [-0.2, -0.15) is 0 Å². The molecule has 34 heavy (non-hydrogen) atoms. The fourth-order valence-electron chi connectivity index (χ4n) is 3.98. The number of carbonyl (C=O) groups excluding carboxylic acids is 2. The first-order valence-corrected chi connectivity index (χ1v) is 11.3. The molecule has 4 rings (SSSR count). The van der Waals surface area contributed by atoms with Crippen LogP contribution in [-0.2, 0) is 16.1 Å². The Kier molecular flexibility index (Phi) is 6.97. The SMILES string of the molecule is CCOC(=O)C1=C(c2ccccc2)NC(=O)NC1c1cccc(OCc2cc(C)ccc2C)c1. The smallest absolute Gasteiger partial charge is 0.338 e. The van der Waals surface area contributed by atoms with E-state index in [1.54, 1.807) is 6.92 Å². The highest BCUT2D eigenvalue weighted by Gasteiger charge is 2.34. The number of urea groups is 1. The van der Waals surface area contributed by atoms with Gasteiger partial charge in [-0.3, -0.25) is 0 Å². The first-order valence-electron chi connectivity index (χ1n) is 11.3.